The molecule has 1 aromatic carbocycles. The number of aliphatic imine (C=N–C) groups is 1. The number of thiazole rings is 1. The number of imidazole rings is 1. The molecule has 2 N–H and O–H groups in total. The molecule has 2 heterocycles. The van der Waals surface area contributed by atoms with Gasteiger partial charge < -0.3 is 15.2 Å². The average molecular weight is 484 g/mol. The topological polar surface area (TPSA) is 67.1 Å². The van der Waals surface area contributed by atoms with Crippen molar-refractivity contribution in [2.45, 2.75) is 26.8 Å². The summed E-state index contributed by atoms with van der Waals surface area (Å²) in [6.45, 7) is 6.32. The Hall–Kier alpha value is -1.68. The second kappa shape index (κ2) is 9.86. The lowest BCUT2D eigenvalue weighted by atomic mass is 10.3. The van der Waals surface area contributed by atoms with Crippen molar-refractivity contribution in [2.75, 3.05) is 13.1 Å². The minimum Gasteiger partial charge on any atom is -0.357 e. The Bertz CT molecular complexity index is 870. The first kappa shape index (κ1) is 20.6. The summed E-state index contributed by atoms with van der Waals surface area (Å²) in [5, 5.41) is 7.80. The lowest BCUT2D eigenvalue weighted by Gasteiger charge is -2.10. The number of guanidine groups is 1. The van der Waals surface area contributed by atoms with E-state index in [2.05, 4.69) is 50.1 Å². The van der Waals surface area contributed by atoms with E-state index in [-0.39, 0.29) is 24.0 Å². The first-order valence-electron chi connectivity index (χ1n) is 8.51. The minimum absolute atomic E-state index is 0. The third kappa shape index (κ3) is 5.16. The van der Waals surface area contributed by atoms with Gasteiger partial charge in [-0.05, 0) is 26.0 Å². The molecule has 0 aliphatic rings. The number of para-hydroxylation sites is 2. The Labute approximate surface area is 175 Å². The lowest BCUT2D eigenvalue weighted by molar-refractivity contribution is 0.771. The fraction of sp³-hybridized carbons (Fsp3) is 0.389. The number of rotatable bonds is 6. The van der Waals surface area contributed by atoms with E-state index >= 15 is 0 Å². The van der Waals surface area contributed by atoms with Crippen LogP contribution < -0.4 is 10.6 Å². The monoisotopic (exact) mass is 484 g/mol. The summed E-state index contributed by atoms with van der Waals surface area (Å²) in [4.78, 5) is 15.0. The van der Waals surface area contributed by atoms with Gasteiger partial charge in [-0.25, -0.2) is 15.0 Å². The highest BCUT2D eigenvalue weighted by molar-refractivity contribution is 14.0. The van der Waals surface area contributed by atoms with E-state index in [1.54, 1.807) is 11.3 Å². The molecule has 0 atom stereocenters. The summed E-state index contributed by atoms with van der Waals surface area (Å²) < 4.78 is 2.10. The van der Waals surface area contributed by atoms with Crippen LogP contribution in [0.3, 0.4) is 0 Å². The van der Waals surface area contributed by atoms with Crippen LogP contribution in [0.15, 0.2) is 35.5 Å². The van der Waals surface area contributed by atoms with Gasteiger partial charge in [0, 0.05) is 37.6 Å². The molecule has 140 valence electrons. The fourth-order valence-electron chi connectivity index (χ4n) is 2.63. The Kier molecular flexibility index (Phi) is 7.83. The molecule has 6 nitrogen and oxygen atoms in total. The molecule has 0 fully saturated rings. The predicted molar refractivity (Wildman–Crippen MR) is 120 cm³/mol. The highest BCUT2D eigenvalue weighted by atomic mass is 127. The van der Waals surface area contributed by atoms with Crippen molar-refractivity contribution in [1.29, 1.82) is 0 Å². The molecular weight excluding hydrogens is 459 g/mol. The summed E-state index contributed by atoms with van der Waals surface area (Å²) in [5.41, 5.74) is 2.14. The summed E-state index contributed by atoms with van der Waals surface area (Å²) in [5.74, 6) is 1.76. The third-order valence-electron chi connectivity index (χ3n) is 3.90. The zero-order valence-electron chi connectivity index (χ0n) is 15.3. The van der Waals surface area contributed by atoms with Gasteiger partial charge in [-0.1, -0.05) is 12.1 Å². The maximum Gasteiger partial charge on any atom is 0.191 e. The van der Waals surface area contributed by atoms with Gasteiger partial charge in [0.15, 0.2) is 5.96 Å². The van der Waals surface area contributed by atoms with Gasteiger partial charge in [0.1, 0.15) is 12.4 Å². The number of fused-ring (bicyclic) bond motifs is 1. The second-order valence-electron chi connectivity index (χ2n) is 5.81. The largest absolute Gasteiger partial charge is 0.357 e. The van der Waals surface area contributed by atoms with Crippen molar-refractivity contribution >= 4 is 52.3 Å². The molecule has 8 heteroatoms. The van der Waals surface area contributed by atoms with Gasteiger partial charge in [-0.2, -0.15) is 0 Å². The predicted octanol–water partition coefficient (Wildman–Crippen LogP) is 3.25. The number of aromatic nitrogens is 3. The van der Waals surface area contributed by atoms with Gasteiger partial charge in [0.2, 0.25) is 0 Å². The standard InChI is InChI=1S/C18H24N6S.HI/c1-4-19-18(20-10-9-17-21-11-13(2)25-17)22-12-16-23-14-7-5-6-8-15(14)24(16)3;/h5-8,11H,4,9-10,12H2,1-3H3,(H2,19,20,22);1H. The molecule has 0 saturated carbocycles. The Morgan fingerprint density at radius 2 is 2.08 bits per heavy atom. The molecule has 0 saturated heterocycles. The molecular formula is C18H25IN6S. The molecule has 2 aromatic heterocycles. The Balaban J connectivity index is 0.00000243. The normalized spacial score (nSPS) is 11.4. The van der Waals surface area contributed by atoms with E-state index in [0.717, 1.165) is 47.3 Å². The molecule has 26 heavy (non-hydrogen) atoms. The molecule has 0 aliphatic carbocycles. The number of benzene rings is 1. The summed E-state index contributed by atoms with van der Waals surface area (Å²) >= 11 is 1.74. The van der Waals surface area contributed by atoms with Crippen molar-refractivity contribution in [1.82, 2.24) is 25.2 Å². The van der Waals surface area contributed by atoms with Crippen LogP contribution in [-0.2, 0) is 20.0 Å². The number of hydrogen-bond acceptors (Lipinski definition) is 4. The van der Waals surface area contributed by atoms with E-state index in [4.69, 9.17) is 0 Å². The molecule has 0 spiro atoms. The van der Waals surface area contributed by atoms with Crippen LogP contribution in [-0.4, -0.2) is 33.6 Å². The molecule has 0 bridgehead atoms. The van der Waals surface area contributed by atoms with Crippen LogP contribution in [0.5, 0.6) is 0 Å². The first-order chi connectivity index (χ1) is 12.2. The van der Waals surface area contributed by atoms with E-state index in [0.29, 0.717) is 6.54 Å². The van der Waals surface area contributed by atoms with E-state index in [1.807, 2.05) is 31.4 Å². The Morgan fingerprint density at radius 1 is 1.27 bits per heavy atom. The van der Waals surface area contributed by atoms with Gasteiger partial charge in [-0.3, -0.25) is 0 Å². The van der Waals surface area contributed by atoms with Crippen LogP contribution in [0.1, 0.15) is 22.6 Å². The third-order valence-corrected chi connectivity index (χ3v) is 4.88. The number of nitrogens with zero attached hydrogens (tertiary/aromatic N) is 4. The highest BCUT2D eigenvalue weighted by Gasteiger charge is 2.07. The van der Waals surface area contributed by atoms with Crippen LogP contribution in [0.25, 0.3) is 11.0 Å². The number of nitrogens with one attached hydrogen (secondary N) is 2. The van der Waals surface area contributed by atoms with Gasteiger partial charge in [0.25, 0.3) is 0 Å². The van der Waals surface area contributed by atoms with Crippen LogP contribution in [0.2, 0.25) is 0 Å². The van der Waals surface area contributed by atoms with E-state index in [1.165, 1.54) is 4.88 Å². The zero-order valence-corrected chi connectivity index (χ0v) is 18.5. The van der Waals surface area contributed by atoms with Crippen molar-refractivity contribution in [3.8, 4) is 0 Å². The molecule has 0 unspecified atom stereocenters. The number of aryl methyl sites for hydroxylation is 2. The van der Waals surface area contributed by atoms with Gasteiger partial charge >= 0.3 is 0 Å². The first-order valence-corrected chi connectivity index (χ1v) is 9.33. The van der Waals surface area contributed by atoms with Gasteiger partial charge in [-0.15, -0.1) is 35.3 Å². The van der Waals surface area contributed by atoms with Crippen molar-refractivity contribution < 1.29 is 0 Å². The second-order valence-corrected chi connectivity index (χ2v) is 7.13. The van der Waals surface area contributed by atoms with Crippen LogP contribution in [0.4, 0.5) is 0 Å². The molecule has 3 rings (SSSR count). The number of halogens is 1. The Morgan fingerprint density at radius 3 is 2.77 bits per heavy atom. The molecule has 0 radical (unpaired) electrons. The molecule has 0 amide bonds. The molecule has 0 aliphatic heterocycles. The summed E-state index contributed by atoms with van der Waals surface area (Å²) in [7, 11) is 2.03. The molecule has 3 aromatic rings. The van der Waals surface area contributed by atoms with E-state index in [9.17, 15) is 0 Å². The van der Waals surface area contributed by atoms with Crippen molar-refractivity contribution in [2.24, 2.45) is 12.0 Å². The van der Waals surface area contributed by atoms with Crippen molar-refractivity contribution in [3.05, 3.63) is 46.2 Å². The van der Waals surface area contributed by atoms with Crippen LogP contribution >= 0.6 is 35.3 Å². The summed E-state index contributed by atoms with van der Waals surface area (Å²) in [6.07, 6.45) is 2.82. The van der Waals surface area contributed by atoms with E-state index < -0.39 is 0 Å². The minimum atomic E-state index is 0. The van der Waals surface area contributed by atoms with Gasteiger partial charge in [0.05, 0.1) is 16.0 Å². The maximum atomic E-state index is 4.67. The lowest BCUT2D eigenvalue weighted by Crippen LogP contribution is -2.38. The average Bonchev–Trinajstić information content (AvgIpc) is 3.16. The summed E-state index contributed by atoms with van der Waals surface area (Å²) in [6, 6.07) is 8.15. The van der Waals surface area contributed by atoms with Crippen LogP contribution in [0, 0.1) is 6.92 Å². The fourth-order valence-corrected chi connectivity index (χ4v) is 3.42. The quantitative estimate of drug-likeness (QED) is 0.320. The highest BCUT2D eigenvalue weighted by Crippen LogP contribution is 2.14. The SMILES string of the molecule is CCNC(=NCc1nc2ccccc2n1C)NCCc1ncc(C)s1.I. The smallest absolute Gasteiger partial charge is 0.191 e. The number of hydrogen-bond donors (Lipinski definition) is 2. The maximum absolute atomic E-state index is 4.67. The van der Waals surface area contributed by atoms with Crippen molar-refractivity contribution in [3.63, 3.8) is 0 Å². The zero-order chi connectivity index (χ0) is 17.6.